The number of anilines is 2. The van der Waals surface area contributed by atoms with E-state index < -0.39 is 22.0 Å². The third-order valence-electron chi connectivity index (χ3n) is 4.47. The number of hydrogen-bond donors (Lipinski definition) is 1. The minimum absolute atomic E-state index is 0.302. The molecule has 1 N–H and O–H groups in total. The SMILES string of the molecule is CC[C@H](C(=O)Nc1nnc(-c2ccccc2)s1)N(c1cc(C)cc(C)c1)S(C)(=O)=O. The van der Waals surface area contributed by atoms with Gasteiger partial charge in [-0.15, -0.1) is 10.2 Å². The highest BCUT2D eigenvalue weighted by molar-refractivity contribution is 7.92. The van der Waals surface area contributed by atoms with Crippen LogP contribution in [0, 0.1) is 13.8 Å². The van der Waals surface area contributed by atoms with E-state index in [4.69, 9.17) is 0 Å². The first-order valence-electron chi connectivity index (χ1n) is 9.46. The number of rotatable bonds is 7. The molecular weight excluding hydrogens is 420 g/mol. The molecule has 0 unspecified atom stereocenters. The Labute approximate surface area is 180 Å². The van der Waals surface area contributed by atoms with Crippen LogP contribution in [0.4, 0.5) is 10.8 Å². The van der Waals surface area contributed by atoms with Crippen LogP contribution in [-0.4, -0.2) is 36.8 Å². The predicted molar refractivity (Wildman–Crippen MR) is 121 cm³/mol. The van der Waals surface area contributed by atoms with E-state index in [2.05, 4.69) is 15.5 Å². The number of aromatic nitrogens is 2. The fraction of sp³-hybridized carbons (Fsp3) is 0.286. The first-order chi connectivity index (χ1) is 14.2. The number of hydrogen-bond acceptors (Lipinski definition) is 6. The zero-order valence-electron chi connectivity index (χ0n) is 17.3. The van der Waals surface area contributed by atoms with Gasteiger partial charge in [0.05, 0.1) is 11.9 Å². The zero-order chi connectivity index (χ0) is 21.9. The molecule has 0 aliphatic heterocycles. The highest BCUT2D eigenvalue weighted by Crippen LogP contribution is 2.28. The molecule has 1 heterocycles. The van der Waals surface area contributed by atoms with Crippen LogP contribution in [0.3, 0.4) is 0 Å². The topological polar surface area (TPSA) is 92.3 Å². The number of nitrogens with zero attached hydrogens (tertiary/aromatic N) is 3. The minimum atomic E-state index is -3.70. The van der Waals surface area contributed by atoms with Crippen molar-refractivity contribution in [3.05, 3.63) is 59.7 Å². The third-order valence-corrected chi connectivity index (χ3v) is 6.53. The van der Waals surface area contributed by atoms with Crippen molar-refractivity contribution in [2.45, 2.75) is 33.2 Å². The molecule has 1 amide bonds. The minimum Gasteiger partial charge on any atom is -0.299 e. The number of carbonyl (C=O) groups excluding carboxylic acids is 1. The van der Waals surface area contributed by atoms with E-state index in [-0.39, 0.29) is 0 Å². The Hall–Kier alpha value is -2.78. The van der Waals surface area contributed by atoms with Gasteiger partial charge in [-0.3, -0.25) is 14.4 Å². The summed E-state index contributed by atoms with van der Waals surface area (Å²) < 4.78 is 26.4. The summed E-state index contributed by atoms with van der Waals surface area (Å²) >= 11 is 1.24. The monoisotopic (exact) mass is 444 g/mol. The second-order valence-corrected chi connectivity index (χ2v) is 9.93. The maximum absolute atomic E-state index is 13.0. The van der Waals surface area contributed by atoms with Crippen LogP contribution in [0.2, 0.25) is 0 Å². The van der Waals surface area contributed by atoms with Gasteiger partial charge < -0.3 is 0 Å². The molecule has 0 aliphatic carbocycles. The lowest BCUT2D eigenvalue weighted by Crippen LogP contribution is -2.47. The highest BCUT2D eigenvalue weighted by atomic mass is 32.2. The molecule has 158 valence electrons. The predicted octanol–water partition coefficient (Wildman–Crippen LogP) is 4.01. The molecule has 0 aliphatic rings. The van der Waals surface area contributed by atoms with Gasteiger partial charge >= 0.3 is 0 Å². The molecule has 0 bridgehead atoms. The Morgan fingerprint density at radius 2 is 1.73 bits per heavy atom. The fourth-order valence-electron chi connectivity index (χ4n) is 3.30. The van der Waals surface area contributed by atoms with Gasteiger partial charge in [0.15, 0.2) is 0 Å². The lowest BCUT2D eigenvalue weighted by Gasteiger charge is -2.30. The molecule has 7 nitrogen and oxygen atoms in total. The molecule has 9 heteroatoms. The van der Waals surface area contributed by atoms with E-state index in [1.54, 1.807) is 19.1 Å². The van der Waals surface area contributed by atoms with E-state index >= 15 is 0 Å². The summed E-state index contributed by atoms with van der Waals surface area (Å²) in [6, 6.07) is 14.1. The molecule has 0 fully saturated rings. The molecule has 0 saturated heterocycles. The molecule has 2 aromatic carbocycles. The van der Waals surface area contributed by atoms with Crippen LogP contribution in [-0.2, 0) is 14.8 Å². The summed E-state index contributed by atoms with van der Waals surface area (Å²) in [4.78, 5) is 13.0. The van der Waals surface area contributed by atoms with E-state index in [1.165, 1.54) is 15.6 Å². The zero-order valence-corrected chi connectivity index (χ0v) is 18.9. The molecule has 0 saturated carbocycles. The average molecular weight is 445 g/mol. The number of nitrogens with one attached hydrogen (secondary N) is 1. The maximum Gasteiger partial charge on any atom is 0.250 e. The highest BCUT2D eigenvalue weighted by Gasteiger charge is 2.32. The largest absolute Gasteiger partial charge is 0.299 e. The molecule has 3 aromatic rings. The first kappa shape index (κ1) is 21.9. The van der Waals surface area contributed by atoms with Gasteiger partial charge in [0, 0.05) is 5.56 Å². The van der Waals surface area contributed by atoms with E-state index in [1.807, 2.05) is 50.2 Å². The van der Waals surface area contributed by atoms with E-state index in [0.29, 0.717) is 22.2 Å². The van der Waals surface area contributed by atoms with Crippen molar-refractivity contribution in [1.82, 2.24) is 10.2 Å². The standard InChI is InChI=1S/C21H24N4O3S2/c1-5-18(25(30(4,27)28)17-12-14(2)11-15(3)13-17)19(26)22-21-24-23-20(29-21)16-9-7-6-8-10-16/h6-13,18H,5H2,1-4H3,(H,22,24,26)/t18-/m1/s1. The molecular formula is C21H24N4O3S2. The Morgan fingerprint density at radius 3 is 2.30 bits per heavy atom. The summed E-state index contributed by atoms with van der Waals surface area (Å²) in [7, 11) is -3.70. The third kappa shape index (κ3) is 5.03. The fourth-order valence-corrected chi connectivity index (χ4v) is 5.25. The number of sulfonamides is 1. The summed E-state index contributed by atoms with van der Waals surface area (Å²) in [6.45, 7) is 5.56. The van der Waals surface area contributed by atoms with Crippen LogP contribution in [0.25, 0.3) is 10.6 Å². The Morgan fingerprint density at radius 1 is 1.10 bits per heavy atom. The number of amides is 1. The summed E-state index contributed by atoms with van der Waals surface area (Å²) in [6.07, 6.45) is 1.41. The molecule has 30 heavy (non-hydrogen) atoms. The van der Waals surface area contributed by atoms with Crippen molar-refractivity contribution in [3.63, 3.8) is 0 Å². The molecule has 1 atom stereocenters. The number of carbonyl (C=O) groups is 1. The number of aryl methyl sites for hydroxylation is 2. The summed E-state index contributed by atoms with van der Waals surface area (Å²) in [5.74, 6) is -0.446. The van der Waals surface area contributed by atoms with Gasteiger partial charge in [-0.2, -0.15) is 0 Å². The lowest BCUT2D eigenvalue weighted by atomic mass is 10.1. The van der Waals surface area contributed by atoms with Gasteiger partial charge in [-0.05, 0) is 43.5 Å². The van der Waals surface area contributed by atoms with Crippen molar-refractivity contribution >= 4 is 38.1 Å². The molecule has 1 aromatic heterocycles. The van der Waals surface area contributed by atoms with Crippen LogP contribution in [0.1, 0.15) is 24.5 Å². The molecule has 0 spiro atoms. The second kappa shape index (κ2) is 8.93. The van der Waals surface area contributed by atoms with Crippen molar-refractivity contribution in [3.8, 4) is 10.6 Å². The average Bonchev–Trinajstić information content (AvgIpc) is 3.13. The van der Waals surface area contributed by atoms with Crippen LogP contribution < -0.4 is 9.62 Å². The summed E-state index contributed by atoms with van der Waals surface area (Å²) in [5, 5.41) is 11.9. The van der Waals surface area contributed by atoms with Gasteiger partial charge in [0.1, 0.15) is 11.0 Å². The van der Waals surface area contributed by atoms with E-state index in [9.17, 15) is 13.2 Å². The van der Waals surface area contributed by atoms with Crippen molar-refractivity contribution in [1.29, 1.82) is 0 Å². The van der Waals surface area contributed by atoms with Crippen LogP contribution in [0.5, 0.6) is 0 Å². The van der Waals surface area contributed by atoms with Crippen molar-refractivity contribution in [2.24, 2.45) is 0 Å². The Kier molecular flexibility index (Phi) is 6.52. The van der Waals surface area contributed by atoms with Crippen molar-refractivity contribution in [2.75, 3.05) is 15.9 Å². The van der Waals surface area contributed by atoms with Crippen LogP contribution >= 0.6 is 11.3 Å². The normalized spacial score (nSPS) is 12.4. The molecule has 0 radical (unpaired) electrons. The van der Waals surface area contributed by atoms with Gasteiger partial charge in [0.2, 0.25) is 21.1 Å². The maximum atomic E-state index is 13.0. The van der Waals surface area contributed by atoms with Crippen LogP contribution in [0.15, 0.2) is 48.5 Å². The first-order valence-corrected chi connectivity index (χ1v) is 12.1. The smallest absolute Gasteiger partial charge is 0.250 e. The Bertz CT molecular complexity index is 1120. The Balaban J connectivity index is 1.89. The van der Waals surface area contributed by atoms with E-state index in [0.717, 1.165) is 22.9 Å². The second-order valence-electron chi connectivity index (χ2n) is 7.10. The number of benzene rings is 2. The van der Waals surface area contributed by atoms with Gasteiger partial charge in [0.25, 0.3) is 0 Å². The van der Waals surface area contributed by atoms with Gasteiger partial charge in [-0.25, -0.2) is 8.42 Å². The summed E-state index contributed by atoms with van der Waals surface area (Å²) in [5.41, 5.74) is 3.21. The van der Waals surface area contributed by atoms with Gasteiger partial charge in [-0.1, -0.05) is 54.7 Å². The quantitative estimate of drug-likeness (QED) is 0.594. The lowest BCUT2D eigenvalue weighted by molar-refractivity contribution is -0.117. The van der Waals surface area contributed by atoms with Crippen molar-refractivity contribution < 1.29 is 13.2 Å². The molecule has 3 rings (SSSR count).